The van der Waals surface area contributed by atoms with Crippen LogP contribution in [-0.2, 0) is 16.6 Å². The molecule has 0 radical (unpaired) electrons. The van der Waals surface area contributed by atoms with Gasteiger partial charge in [-0.25, -0.2) is 28.1 Å². The summed E-state index contributed by atoms with van der Waals surface area (Å²) in [4.78, 5) is 36.4. The summed E-state index contributed by atoms with van der Waals surface area (Å²) in [6.45, 7) is 12.6. The zero-order valence-electron chi connectivity index (χ0n) is 28.1. The van der Waals surface area contributed by atoms with Gasteiger partial charge in [-0.2, -0.15) is 4.98 Å². The van der Waals surface area contributed by atoms with E-state index < -0.39 is 16.1 Å². The first-order chi connectivity index (χ1) is 22.3. The number of nitrogens with one attached hydrogen (secondary N) is 1. The molecule has 4 bridgehead atoms. The van der Waals surface area contributed by atoms with Crippen molar-refractivity contribution >= 4 is 27.7 Å². The summed E-state index contributed by atoms with van der Waals surface area (Å²) >= 11 is 0. The number of ether oxygens (including phenoxy) is 1. The lowest BCUT2D eigenvalue weighted by atomic mass is 10.00. The first kappa shape index (κ1) is 33.8. The second-order valence-corrected chi connectivity index (χ2v) is 14.4. The number of carbonyl (C=O) groups excluding carboxylic acids is 1. The van der Waals surface area contributed by atoms with Crippen LogP contribution in [0, 0.1) is 19.8 Å². The van der Waals surface area contributed by atoms with Crippen LogP contribution in [0.25, 0.3) is 11.3 Å². The van der Waals surface area contributed by atoms with Crippen molar-refractivity contribution in [2.75, 3.05) is 23.3 Å². The normalized spacial score (nSPS) is 16.1. The summed E-state index contributed by atoms with van der Waals surface area (Å²) in [5.74, 6) is 1.30. The number of hydrogen-bond donors (Lipinski definition) is 1. The Balaban J connectivity index is 1.64. The number of aryl methyl sites for hydroxylation is 2. The summed E-state index contributed by atoms with van der Waals surface area (Å²) in [5, 5.41) is 0. The van der Waals surface area contributed by atoms with E-state index in [0.717, 1.165) is 28.9 Å². The maximum atomic E-state index is 14.4. The average Bonchev–Trinajstić information content (AvgIpc) is 3.02. The Morgan fingerprint density at radius 2 is 1.72 bits per heavy atom. The number of benzene rings is 2. The van der Waals surface area contributed by atoms with Crippen LogP contribution in [0.1, 0.15) is 67.8 Å². The molecule has 0 unspecified atom stereocenters. The average molecular weight is 658 g/mol. The van der Waals surface area contributed by atoms with Gasteiger partial charge < -0.3 is 14.5 Å². The third-order valence-electron chi connectivity index (χ3n) is 8.40. The molecule has 0 saturated carbocycles. The molecular formula is C35H43N7O4S. The Morgan fingerprint density at radius 3 is 2.43 bits per heavy atom. The largest absolute Gasteiger partial charge is 0.475 e. The van der Waals surface area contributed by atoms with Crippen molar-refractivity contribution in [2.24, 2.45) is 5.92 Å². The van der Waals surface area contributed by atoms with Gasteiger partial charge in [-0.05, 0) is 81.8 Å². The van der Waals surface area contributed by atoms with Crippen LogP contribution < -0.4 is 14.4 Å². The number of carbonyl (C=O) groups is 1. The van der Waals surface area contributed by atoms with Crippen molar-refractivity contribution in [1.29, 1.82) is 0 Å². The molecule has 1 atom stereocenters. The van der Waals surface area contributed by atoms with Gasteiger partial charge in [-0.15, -0.1) is 0 Å². The van der Waals surface area contributed by atoms with Crippen LogP contribution in [0.5, 0.6) is 5.88 Å². The molecule has 2 aromatic heterocycles. The fourth-order valence-electron chi connectivity index (χ4n) is 5.51. The number of hydrogen-bond acceptors (Lipinski definition) is 9. The lowest BCUT2D eigenvalue weighted by Crippen LogP contribution is -2.44. The second kappa shape index (κ2) is 14.0. The van der Waals surface area contributed by atoms with Gasteiger partial charge in [0.05, 0.1) is 23.2 Å². The molecular weight excluding hydrogens is 614 g/mol. The number of aromatic nitrogens is 4. The third kappa shape index (κ3) is 7.87. The van der Waals surface area contributed by atoms with Gasteiger partial charge >= 0.3 is 0 Å². The van der Waals surface area contributed by atoms with Crippen LogP contribution in [0.15, 0.2) is 65.7 Å². The first-order valence-electron chi connectivity index (χ1n) is 15.9. The predicted octanol–water partition coefficient (Wildman–Crippen LogP) is 6.04. The molecule has 1 aliphatic rings. The van der Waals surface area contributed by atoms with Gasteiger partial charge in [0.25, 0.3) is 15.9 Å². The van der Waals surface area contributed by atoms with Crippen molar-refractivity contribution in [1.82, 2.24) is 24.8 Å². The van der Waals surface area contributed by atoms with Crippen LogP contribution >= 0.6 is 0 Å². The monoisotopic (exact) mass is 657 g/mol. The number of amides is 1. The molecule has 1 N–H and O–H groups in total. The zero-order chi connectivity index (χ0) is 33.9. The Bertz CT molecular complexity index is 1840. The number of nitrogens with zero attached hydrogens (tertiary/aromatic N) is 6. The van der Waals surface area contributed by atoms with E-state index in [0.29, 0.717) is 23.9 Å². The van der Waals surface area contributed by atoms with E-state index in [1.165, 1.54) is 12.1 Å². The summed E-state index contributed by atoms with van der Waals surface area (Å²) in [7, 11) is -2.21. The molecule has 2 aromatic carbocycles. The van der Waals surface area contributed by atoms with Gasteiger partial charge in [0.15, 0.2) is 0 Å². The lowest BCUT2D eigenvalue weighted by molar-refractivity contribution is 0.0557. The van der Waals surface area contributed by atoms with Crippen LogP contribution in [0.4, 0.5) is 11.8 Å². The van der Waals surface area contributed by atoms with Crippen molar-refractivity contribution in [3.8, 4) is 17.1 Å². The second-order valence-electron chi connectivity index (χ2n) is 12.7. The fraction of sp³-hybridized carbons (Fsp3) is 0.400. The van der Waals surface area contributed by atoms with Crippen LogP contribution in [-0.4, -0.2) is 64.9 Å². The van der Waals surface area contributed by atoms with Crippen molar-refractivity contribution in [3.05, 3.63) is 83.3 Å². The molecule has 47 heavy (non-hydrogen) atoms. The predicted molar refractivity (Wildman–Crippen MR) is 183 cm³/mol. The quantitative estimate of drug-likeness (QED) is 0.241. The van der Waals surface area contributed by atoms with E-state index in [9.17, 15) is 13.2 Å². The third-order valence-corrected chi connectivity index (χ3v) is 9.72. The summed E-state index contributed by atoms with van der Waals surface area (Å²) in [6, 6.07) is 15.3. The molecule has 12 heteroatoms. The van der Waals surface area contributed by atoms with Crippen LogP contribution in [0.3, 0.4) is 0 Å². The molecule has 248 valence electrons. The number of anilines is 2. The van der Waals surface area contributed by atoms with E-state index in [4.69, 9.17) is 9.72 Å². The molecule has 3 heterocycles. The van der Waals surface area contributed by atoms with Crippen molar-refractivity contribution < 1.29 is 17.9 Å². The Hall–Kier alpha value is -4.58. The molecule has 1 amide bonds. The minimum atomic E-state index is -4.17. The van der Waals surface area contributed by atoms with E-state index in [1.54, 1.807) is 29.3 Å². The number of rotatable bonds is 8. The molecule has 5 rings (SSSR count). The Labute approximate surface area is 277 Å². The fourth-order valence-corrected chi connectivity index (χ4v) is 6.50. The minimum absolute atomic E-state index is 0.0818. The molecule has 0 spiro atoms. The Morgan fingerprint density at radius 1 is 1.00 bits per heavy atom. The highest BCUT2D eigenvalue weighted by molar-refractivity contribution is 7.92. The first-order valence-corrected chi connectivity index (χ1v) is 17.4. The smallest absolute Gasteiger partial charge is 0.264 e. The molecule has 0 aliphatic carbocycles. The summed E-state index contributed by atoms with van der Waals surface area (Å²) in [6.07, 6.45) is 3.15. The summed E-state index contributed by atoms with van der Waals surface area (Å²) < 4.78 is 36.2. The molecule has 0 fully saturated rings. The standard InChI is InChI=1S/C35H43N7O4S/c1-22(2)14-15-27-21-46-32-19-29(33-24(5)10-8-11-25(33)6)37-35(39-32)40-47(44,45)28-13-9-12-26(18-28)34(43)42(27)20-30-36-17-16-31(38-30)41(7)23(3)4/h8-13,16-19,22-23,27H,14-15,20-21H2,1-7H3,(H,37,39,40)/t27-/m1/s1. The number of sulfonamides is 1. The molecule has 11 nitrogen and oxygen atoms in total. The van der Waals surface area contributed by atoms with E-state index in [-0.39, 0.29) is 47.4 Å². The highest BCUT2D eigenvalue weighted by atomic mass is 32.2. The Kier molecular flexibility index (Phi) is 10.1. The summed E-state index contributed by atoms with van der Waals surface area (Å²) in [5.41, 5.74) is 3.57. The van der Waals surface area contributed by atoms with Crippen molar-refractivity contribution in [3.63, 3.8) is 0 Å². The molecule has 0 saturated heterocycles. The highest BCUT2D eigenvalue weighted by Crippen LogP contribution is 2.30. The maximum absolute atomic E-state index is 14.4. The van der Waals surface area contributed by atoms with Gasteiger partial charge in [-0.3, -0.25) is 4.79 Å². The van der Waals surface area contributed by atoms with Gasteiger partial charge in [0, 0.05) is 36.5 Å². The van der Waals surface area contributed by atoms with Gasteiger partial charge in [0.1, 0.15) is 18.2 Å². The SMILES string of the molecule is Cc1cccc(C)c1-c1cc2nc(n1)NS(=O)(=O)c1cccc(c1)C(=O)N(Cc1nccc(N(C)C(C)C)n1)[C@H](CCC(C)C)CO2. The minimum Gasteiger partial charge on any atom is -0.475 e. The zero-order valence-corrected chi connectivity index (χ0v) is 28.9. The highest BCUT2D eigenvalue weighted by Gasteiger charge is 2.29. The molecule has 1 aliphatic heterocycles. The van der Waals surface area contributed by atoms with E-state index in [2.05, 4.69) is 47.4 Å². The van der Waals surface area contributed by atoms with Crippen molar-refractivity contribution in [2.45, 2.75) is 77.9 Å². The van der Waals surface area contributed by atoms with Gasteiger partial charge in [-0.1, -0.05) is 38.1 Å². The number of fused-ring (bicyclic) bond motifs is 4. The lowest BCUT2D eigenvalue weighted by Gasteiger charge is -2.32. The molecule has 4 aromatic rings. The van der Waals surface area contributed by atoms with Gasteiger partial charge in [0.2, 0.25) is 11.8 Å². The maximum Gasteiger partial charge on any atom is 0.264 e. The van der Waals surface area contributed by atoms with E-state index >= 15 is 0 Å². The topological polar surface area (TPSA) is 131 Å². The van der Waals surface area contributed by atoms with E-state index in [1.807, 2.05) is 50.1 Å². The van der Waals surface area contributed by atoms with Crippen LogP contribution in [0.2, 0.25) is 0 Å².